The average Bonchev–Trinajstić information content (AvgIpc) is 2.11. The highest BCUT2D eigenvalue weighted by Crippen LogP contribution is 2.22. The monoisotopic (exact) mass is 198 g/mol. The summed E-state index contributed by atoms with van der Waals surface area (Å²) in [5, 5.41) is 0.0226. The Morgan fingerprint density at radius 2 is 2.23 bits per heavy atom. The molecular weight excluding hydrogens is 191 g/mol. The van der Waals surface area contributed by atoms with Crippen LogP contribution >= 0.6 is 11.6 Å². The molecule has 0 aromatic heterocycles. The second kappa shape index (κ2) is 4.10. The Balaban J connectivity index is 2.85. The molecule has 0 heterocycles. The van der Waals surface area contributed by atoms with Gasteiger partial charge < -0.3 is 4.74 Å². The van der Waals surface area contributed by atoms with E-state index in [-0.39, 0.29) is 5.02 Å². The highest BCUT2D eigenvalue weighted by molar-refractivity contribution is 6.30. The zero-order valence-corrected chi connectivity index (χ0v) is 7.64. The third-order valence-corrected chi connectivity index (χ3v) is 1.66. The van der Waals surface area contributed by atoms with Gasteiger partial charge in [-0.1, -0.05) is 24.8 Å². The van der Waals surface area contributed by atoms with Crippen molar-refractivity contribution in [2.45, 2.75) is 0 Å². The highest BCUT2D eigenvalue weighted by atomic mass is 35.5. The summed E-state index contributed by atoms with van der Waals surface area (Å²) in [5.74, 6) is 0.359. The van der Waals surface area contributed by atoms with Gasteiger partial charge in [0, 0.05) is 6.07 Å². The fraction of sp³-hybridized carbons (Fsp3) is 0. The quantitative estimate of drug-likeness (QED) is 0.533. The van der Waals surface area contributed by atoms with Gasteiger partial charge in [0.05, 0.1) is 5.02 Å². The molecule has 0 atom stereocenters. The summed E-state index contributed by atoms with van der Waals surface area (Å²) in [6.07, 6.45) is 1.46. The normalized spacial score (nSPS) is 9.38. The smallest absolute Gasteiger partial charge is 0.142 e. The second-order valence-electron chi connectivity index (χ2n) is 2.35. The molecule has 0 radical (unpaired) electrons. The second-order valence-corrected chi connectivity index (χ2v) is 2.76. The van der Waals surface area contributed by atoms with Crippen LogP contribution in [0.15, 0.2) is 43.2 Å². The van der Waals surface area contributed by atoms with Crippen LogP contribution in [0.3, 0.4) is 0 Å². The fourth-order valence-electron chi connectivity index (χ4n) is 0.733. The molecule has 0 saturated carbocycles. The zero-order chi connectivity index (χ0) is 9.84. The Morgan fingerprint density at radius 3 is 2.77 bits per heavy atom. The first-order chi connectivity index (χ1) is 6.13. The van der Waals surface area contributed by atoms with Crippen LogP contribution in [0.2, 0.25) is 5.02 Å². The van der Waals surface area contributed by atoms with Gasteiger partial charge >= 0.3 is 0 Å². The van der Waals surface area contributed by atoms with Crippen LogP contribution in [0.25, 0.3) is 0 Å². The molecule has 0 fully saturated rings. The van der Waals surface area contributed by atoms with Crippen LogP contribution in [0.4, 0.5) is 4.39 Å². The molecule has 0 aliphatic rings. The van der Waals surface area contributed by atoms with Crippen LogP contribution in [0.1, 0.15) is 0 Å². The molecule has 68 valence electrons. The van der Waals surface area contributed by atoms with E-state index in [2.05, 4.69) is 13.2 Å². The minimum Gasteiger partial charge on any atom is -0.458 e. The van der Waals surface area contributed by atoms with Crippen molar-refractivity contribution in [2.75, 3.05) is 0 Å². The number of allylic oxidation sites excluding steroid dienone is 1. The molecule has 0 saturated heterocycles. The van der Waals surface area contributed by atoms with E-state index in [9.17, 15) is 4.39 Å². The van der Waals surface area contributed by atoms with E-state index >= 15 is 0 Å². The van der Waals surface area contributed by atoms with Crippen LogP contribution in [0.5, 0.6) is 5.75 Å². The molecule has 3 heteroatoms. The molecule has 0 amide bonds. The van der Waals surface area contributed by atoms with E-state index in [1.54, 1.807) is 0 Å². The molecular formula is C10H8ClFO. The summed E-state index contributed by atoms with van der Waals surface area (Å²) in [7, 11) is 0. The Bertz CT molecular complexity index is 347. The molecule has 0 spiro atoms. The lowest BCUT2D eigenvalue weighted by Crippen LogP contribution is -1.90. The first-order valence-electron chi connectivity index (χ1n) is 3.57. The maximum Gasteiger partial charge on any atom is 0.142 e. The molecule has 0 aliphatic heterocycles. The van der Waals surface area contributed by atoms with Crippen LogP contribution in [-0.4, -0.2) is 0 Å². The molecule has 0 N–H and O–H groups in total. The maximum absolute atomic E-state index is 12.7. The number of benzene rings is 1. The van der Waals surface area contributed by atoms with E-state index in [1.807, 2.05) is 0 Å². The van der Waals surface area contributed by atoms with E-state index in [4.69, 9.17) is 16.3 Å². The van der Waals surface area contributed by atoms with Crippen molar-refractivity contribution < 1.29 is 9.13 Å². The Kier molecular flexibility index (Phi) is 3.09. The van der Waals surface area contributed by atoms with E-state index in [0.29, 0.717) is 11.5 Å². The molecule has 0 bridgehead atoms. The topological polar surface area (TPSA) is 9.23 Å². The average molecular weight is 199 g/mol. The SMILES string of the molecule is C=CC(=C)Oc1ccc(F)c(Cl)c1. The summed E-state index contributed by atoms with van der Waals surface area (Å²) in [6.45, 7) is 7.01. The molecule has 1 nitrogen and oxygen atoms in total. The van der Waals surface area contributed by atoms with Gasteiger partial charge in [0.25, 0.3) is 0 Å². The Hall–Kier alpha value is -1.28. The lowest BCUT2D eigenvalue weighted by Gasteiger charge is -2.04. The van der Waals surface area contributed by atoms with E-state index in [0.717, 1.165) is 0 Å². The number of hydrogen-bond donors (Lipinski definition) is 0. The minimum absolute atomic E-state index is 0.0226. The van der Waals surface area contributed by atoms with Gasteiger partial charge in [-0.05, 0) is 18.2 Å². The number of halogens is 2. The minimum atomic E-state index is -0.474. The summed E-state index contributed by atoms with van der Waals surface area (Å²) in [5.41, 5.74) is 0. The molecule has 0 aliphatic carbocycles. The molecule has 1 rings (SSSR count). The van der Waals surface area contributed by atoms with Gasteiger partial charge in [0.2, 0.25) is 0 Å². The van der Waals surface area contributed by atoms with E-state index in [1.165, 1.54) is 24.3 Å². The third kappa shape index (κ3) is 2.60. The van der Waals surface area contributed by atoms with Crippen molar-refractivity contribution in [1.29, 1.82) is 0 Å². The van der Waals surface area contributed by atoms with Gasteiger partial charge in [0.1, 0.15) is 17.3 Å². The van der Waals surface area contributed by atoms with Crippen molar-refractivity contribution in [3.63, 3.8) is 0 Å². The molecule has 0 unspecified atom stereocenters. The standard InChI is InChI=1S/C10H8ClFO/c1-3-7(2)13-8-4-5-10(12)9(11)6-8/h3-6H,1-2H2. The third-order valence-electron chi connectivity index (χ3n) is 1.37. The lowest BCUT2D eigenvalue weighted by atomic mass is 10.3. The van der Waals surface area contributed by atoms with Gasteiger partial charge in [-0.3, -0.25) is 0 Å². The fourth-order valence-corrected chi connectivity index (χ4v) is 0.904. The van der Waals surface area contributed by atoms with Crippen LogP contribution < -0.4 is 4.74 Å². The molecule has 13 heavy (non-hydrogen) atoms. The van der Waals surface area contributed by atoms with Gasteiger partial charge in [-0.15, -0.1) is 0 Å². The Morgan fingerprint density at radius 1 is 1.54 bits per heavy atom. The first-order valence-corrected chi connectivity index (χ1v) is 3.95. The first kappa shape index (κ1) is 9.81. The van der Waals surface area contributed by atoms with Crippen molar-refractivity contribution in [1.82, 2.24) is 0 Å². The van der Waals surface area contributed by atoms with Crippen LogP contribution in [-0.2, 0) is 0 Å². The van der Waals surface area contributed by atoms with Gasteiger partial charge in [0.15, 0.2) is 0 Å². The van der Waals surface area contributed by atoms with Crippen molar-refractivity contribution in [3.8, 4) is 5.75 Å². The number of rotatable bonds is 3. The van der Waals surface area contributed by atoms with Crippen LogP contribution in [0, 0.1) is 5.82 Å². The summed E-state index contributed by atoms with van der Waals surface area (Å²) in [4.78, 5) is 0. The number of ether oxygens (including phenoxy) is 1. The summed E-state index contributed by atoms with van der Waals surface area (Å²) < 4.78 is 17.8. The van der Waals surface area contributed by atoms with E-state index < -0.39 is 5.82 Å². The predicted molar refractivity (Wildman–Crippen MR) is 51.4 cm³/mol. The Labute approximate surface area is 81.1 Å². The van der Waals surface area contributed by atoms with Crippen molar-refractivity contribution in [3.05, 3.63) is 54.0 Å². The van der Waals surface area contributed by atoms with Gasteiger partial charge in [-0.2, -0.15) is 0 Å². The largest absolute Gasteiger partial charge is 0.458 e. The maximum atomic E-state index is 12.7. The van der Waals surface area contributed by atoms with Crippen molar-refractivity contribution >= 4 is 11.6 Å². The summed E-state index contributed by atoms with van der Waals surface area (Å²) in [6, 6.07) is 4.08. The zero-order valence-electron chi connectivity index (χ0n) is 6.89. The molecule has 1 aromatic rings. The number of hydrogen-bond acceptors (Lipinski definition) is 1. The summed E-state index contributed by atoms with van der Waals surface area (Å²) >= 11 is 5.53. The van der Waals surface area contributed by atoms with Crippen molar-refractivity contribution in [2.24, 2.45) is 0 Å². The predicted octanol–water partition coefficient (Wildman–Crippen LogP) is 3.56. The highest BCUT2D eigenvalue weighted by Gasteiger charge is 2.01. The molecule has 1 aromatic carbocycles. The van der Waals surface area contributed by atoms with Gasteiger partial charge in [-0.25, -0.2) is 4.39 Å². The lowest BCUT2D eigenvalue weighted by molar-refractivity contribution is 0.446.